The van der Waals surface area contributed by atoms with Gasteiger partial charge in [0, 0.05) is 6.08 Å². The maximum atomic E-state index is 11.5. The highest BCUT2D eigenvalue weighted by Crippen LogP contribution is 2.35. The van der Waals surface area contributed by atoms with Gasteiger partial charge in [0.15, 0.2) is 0 Å². The molecule has 0 aliphatic heterocycles. The zero-order chi connectivity index (χ0) is 12.5. The molecule has 1 aromatic heterocycles. The van der Waals surface area contributed by atoms with E-state index in [4.69, 9.17) is 9.52 Å². The number of rotatable bonds is 4. The van der Waals surface area contributed by atoms with Crippen LogP contribution in [0.3, 0.4) is 0 Å². The number of aryl methyl sites for hydroxylation is 1. The lowest BCUT2D eigenvalue weighted by Crippen LogP contribution is -2.42. The lowest BCUT2D eigenvalue weighted by Gasteiger charge is -2.09. The van der Waals surface area contributed by atoms with Crippen molar-refractivity contribution in [3.05, 3.63) is 29.7 Å². The highest BCUT2D eigenvalue weighted by molar-refractivity contribution is 5.96. The smallest absolute Gasteiger partial charge is 0.329 e. The van der Waals surface area contributed by atoms with Crippen molar-refractivity contribution in [2.75, 3.05) is 0 Å². The standard InChI is InChI=1S/C12H13NO4/c1-8-2-3-9(17-8)4-5-10(14)13-12(6-7-12)11(15)16/h2-5H,6-7H2,1H3,(H,13,14)(H,15,16)/b5-4+. The molecule has 1 aromatic rings. The summed E-state index contributed by atoms with van der Waals surface area (Å²) in [7, 11) is 0. The SMILES string of the molecule is Cc1ccc(/C=C/C(=O)NC2(C(=O)O)CC2)o1. The number of carbonyl (C=O) groups is 2. The molecule has 1 amide bonds. The van der Waals surface area contributed by atoms with Crippen molar-refractivity contribution in [3.63, 3.8) is 0 Å². The molecular weight excluding hydrogens is 222 g/mol. The first-order valence-electron chi connectivity index (χ1n) is 5.32. The zero-order valence-corrected chi connectivity index (χ0v) is 9.40. The van der Waals surface area contributed by atoms with Crippen molar-refractivity contribution < 1.29 is 19.1 Å². The van der Waals surface area contributed by atoms with Gasteiger partial charge in [-0.15, -0.1) is 0 Å². The zero-order valence-electron chi connectivity index (χ0n) is 9.40. The van der Waals surface area contributed by atoms with Gasteiger partial charge in [-0.2, -0.15) is 0 Å². The second-order valence-electron chi connectivity index (χ2n) is 4.16. The molecule has 1 saturated carbocycles. The molecule has 0 bridgehead atoms. The van der Waals surface area contributed by atoms with E-state index in [0.717, 1.165) is 5.76 Å². The third kappa shape index (κ3) is 2.55. The number of hydrogen-bond acceptors (Lipinski definition) is 3. The summed E-state index contributed by atoms with van der Waals surface area (Å²) in [6, 6.07) is 3.53. The van der Waals surface area contributed by atoms with E-state index in [0.29, 0.717) is 18.6 Å². The molecule has 0 atom stereocenters. The Kier molecular flexibility index (Phi) is 2.75. The van der Waals surface area contributed by atoms with E-state index in [9.17, 15) is 9.59 Å². The van der Waals surface area contributed by atoms with Crippen molar-refractivity contribution in [2.45, 2.75) is 25.3 Å². The number of carbonyl (C=O) groups excluding carboxylic acids is 1. The summed E-state index contributed by atoms with van der Waals surface area (Å²) < 4.78 is 5.24. The average molecular weight is 235 g/mol. The van der Waals surface area contributed by atoms with E-state index in [-0.39, 0.29) is 0 Å². The Morgan fingerprint density at radius 3 is 2.65 bits per heavy atom. The monoisotopic (exact) mass is 235 g/mol. The molecule has 0 saturated heterocycles. The lowest BCUT2D eigenvalue weighted by molar-refractivity contribution is -0.142. The maximum absolute atomic E-state index is 11.5. The van der Waals surface area contributed by atoms with Gasteiger partial charge in [-0.3, -0.25) is 4.79 Å². The molecule has 1 heterocycles. The maximum Gasteiger partial charge on any atom is 0.329 e. The van der Waals surface area contributed by atoms with Crippen LogP contribution >= 0.6 is 0 Å². The Hall–Kier alpha value is -2.04. The quantitative estimate of drug-likeness (QED) is 0.772. The van der Waals surface area contributed by atoms with Gasteiger partial charge in [0.1, 0.15) is 17.1 Å². The van der Waals surface area contributed by atoms with E-state index >= 15 is 0 Å². The van der Waals surface area contributed by atoms with Gasteiger partial charge in [-0.1, -0.05) is 0 Å². The molecule has 1 aliphatic rings. The van der Waals surface area contributed by atoms with Crippen LogP contribution in [-0.4, -0.2) is 22.5 Å². The Morgan fingerprint density at radius 1 is 1.47 bits per heavy atom. The number of carboxylic acids is 1. The minimum atomic E-state index is -1.04. The summed E-state index contributed by atoms with van der Waals surface area (Å²) in [6.07, 6.45) is 3.77. The second-order valence-corrected chi connectivity index (χ2v) is 4.16. The van der Waals surface area contributed by atoms with Gasteiger partial charge in [0.25, 0.3) is 0 Å². The minimum Gasteiger partial charge on any atom is -0.480 e. The molecule has 5 heteroatoms. The molecule has 0 aromatic carbocycles. The van der Waals surface area contributed by atoms with E-state index < -0.39 is 17.4 Å². The topological polar surface area (TPSA) is 79.5 Å². The van der Waals surface area contributed by atoms with Crippen LogP contribution in [0.2, 0.25) is 0 Å². The van der Waals surface area contributed by atoms with Crippen LogP contribution < -0.4 is 5.32 Å². The number of amides is 1. The van der Waals surface area contributed by atoms with Crippen LogP contribution in [0.5, 0.6) is 0 Å². The number of carboxylic acid groups (broad SMARTS) is 1. The third-order valence-electron chi connectivity index (χ3n) is 2.68. The number of nitrogens with one attached hydrogen (secondary N) is 1. The Balaban J connectivity index is 1.94. The fourth-order valence-electron chi connectivity index (χ4n) is 1.50. The molecule has 2 rings (SSSR count). The average Bonchev–Trinajstić information content (AvgIpc) is 2.92. The highest BCUT2D eigenvalue weighted by atomic mass is 16.4. The molecule has 90 valence electrons. The highest BCUT2D eigenvalue weighted by Gasteiger charge is 2.51. The molecule has 0 unspecified atom stereocenters. The van der Waals surface area contributed by atoms with Crippen molar-refractivity contribution in [1.29, 1.82) is 0 Å². The van der Waals surface area contributed by atoms with Crippen LogP contribution in [-0.2, 0) is 9.59 Å². The predicted octanol–water partition coefficient (Wildman–Crippen LogP) is 1.33. The molecule has 5 nitrogen and oxygen atoms in total. The van der Waals surface area contributed by atoms with Crippen molar-refractivity contribution in [3.8, 4) is 0 Å². The van der Waals surface area contributed by atoms with Gasteiger partial charge in [-0.05, 0) is 38.0 Å². The third-order valence-corrected chi connectivity index (χ3v) is 2.68. The van der Waals surface area contributed by atoms with Gasteiger partial charge in [0.05, 0.1) is 0 Å². The lowest BCUT2D eigenvalue weighted by atomic mass is 10.2. The van der Waals surface area contributed by atoms with Gasteiger partial charge in [-0.25, -0.2) is 4.79 Å². The van der Waals surface area contributed by atoms with Crippen LogP contribution in [0.1, 0.15) is 24.4 Å². The molecule has 0 radical (unpaired) electrons. The Labute approximate surface area is 98.1 Å². The number of aliphatic carboxylic acids is 1. The van der Waals surface area contributed by atoms with Crippen molar-refractivity contribution in [2.24, 2.45) is 0 Å². The van der Waals surface area contributed by atoms with E-state index in [1.165, 1.54) is 12.2 Å². The summed E-state index contributed by atoms with van der Waals surface area (Å²) in [6.45, 7) is 1.81. The molecule has 1 aliphatic carbocycles. The van der Waals surface area contributed by atoms with E-state index in [2.05, 4.69) is 5.32 Å². The molecule has 17 heavy (non-hydrogen) atoms. The molecule has 1 fully saturated rings. The largest absolute Gasteiger partial charge is 0.480 e. The normalized spacial score (nSPS) is 17.0. The van der Waals surface area contributed by atoms with Gasteiger partial charge >= 0.3 is 5.97 Å². The Morgan fingerprint density at radius 2 is 2.18 bits per heavy atom. The van der Waals surface area contributed by atoms with Crippen LogP contribution in [0.4, 0.5) is 0 Å². The predicted molar refractivity (Wildman–Crippen MR) is 60.2 cm³/mol. The van der Waals surface area contributed by atoms with E-state index in [1.54, 1.807) is 19.1 Å². The first-order chi connectivity index (χ1) is 8.02. The molecule has 2 N–H and O–H groups in total. The van der Waals surface area contributed by atoms with Gasteiger partial charge in [0.2, 0.25) is 5.91 Å². The number of furan rings is 1. The van der Waals surface area contributed by atoms with Crippen LogP contribution in [0.15, 0.2) is 22.6 Å². The fourth-order valence-corrected chi connectivity index (χ4v) is 1.50. The first kappa shape index (κ1) is 11.4. The van der Waals surface area contributed by atoms with E-state index in [1.807, 2.05) is 0 Å². The minimum absolute atomic E-state index is 0.418. The van der Waals surface area contributed by atoms with Gasteiger partial charge < -0.3 is 14.8 Å². The summed E-state index contributed by atoms with van der Waals surface area (Å²) in [5.41, 5.74) is -1.04. The first-order valence-corrected chi connectivity index (χ1v) is 5.32. The summed E-state index contributed by atoms with van der Waals surface area (Å²) in [5, 5.41) is 11.4. The molecular formula is C12H13NO4. The molecule has 0 spiro atoms. The van der Waals surface area contributed by atoms with Crippen LogP contribution in [0, 0.1) is 6.92 Å². The fraction of sp³-hybridized carbons (Fsp3) is 0.333. The summed E-state index contributed by atoms with van der Waals surface area (Å²) in [5.74, 6) is -0.0703. The Bertz CT molecular complexity index is 482. The number of hydrogen-bond donors (Lipinski definition) is 2. The second kappa shape index (κ2) is 4.08. The summed E-state index contributed by atoms with van der Waals surface area (Å²) >= 11 is 0. The van der Waals surface area contributed by atoms with Crippen LogP contribution in [0.25, 0.3) is 6.08 Å². The van der Waals surface area contributed by atoms with Crippen molar-refractivity contribution >= 4 is 18.0 Å². The van der Waals surface area contributed by atoms with Crippen molar-refractivity contribution in [1.82, 2.24) is 5.32 Å². The summed E-state index contributed by atoms with van der Waals surface area (Å²) in [4.78, 5) is 22.3.